The second-order valence-corrected chi connectivity index (χ2v) is 7.64. The molecular weight excluding hydrogens is 382 g/mol. The van der Waals surface area contributed by atoms with Gasteiger partial charge in [0.25, 0.3) is 0 Å². The van der Waals surface area contributed by atoms with Gasteiger partial charge in [-0.25, -0.2) is 0 Å². The number of carbonyl (C=O) groups is 1. The lowest BCUT2D eigenvalue weighted by Gasteiger charge is -2.06. The van der Waals surface area contributed by atoms with Crippen molar-refractivity contribution in [1.82, 2.24) is 0 Å². The van der Waals surface area contributed by atoms with Crippen molar-refractivity contribution in [1.29, 1.82) is 0 Å². The highest BCUT2D eigenvalue weighted by Crippen LogP contribution is 2.23. The van der Waals surface area contributed by atoms with E-state index in [1.54, 1.807) is 0 Å². The average molecular weight is 414 g/mol. The molecule has 0 unspecified atom stereocenters. The zero-order chi connectivity index (χ0) is 21.9. The van der Waals surface area contributed by atoms with Crippen LogP contribution in [0.2, 0.25) is 0 Å². The summed E-state index contributed by atoms with van der Waals surface area (Å²) >= 11 is 0. The Labute approximate surface area is 185 Å². The number of hydrogen-bond donors (Lipinski definition) is 0. The van der Waals surface area contributed by atoms with Gasteiger partial charge in [0, 0.05) is 18.2 Å². The number of benzene rings is 3. The van der Waals surface area contributed by atoms with Crippen molar-refractivity contribution in [3.63, 3.8) is 0 Å². The first kappa shape index (κ1) is 22.5. The van der Waals surface area contributed by atoms with E-state index in [-0.39, 0.29) is 5.78 Å². The summed E-state index contributed by atoms with van der Waals surface area (Å²) in [6.07, 6.45) is 7.24. The normalized spacial score (nSPS) is 11.0. The zero-order valence-electron chi connectivity index (χ0n) is 18.5. The fourth-order valence-corrected chi connectivity index (χ4v) is 3.31. The van der Waals surface area contributed by atoms with Crippen molar-refractivity contribution in [2.45, 2.75) is 46.0 Å². The monoisotopic (exact) mass is 413 g/mol. The van der Waals surface area contributed by atoms with Gasteiger partial charge in [-0.1, -0.05) is 69.5 Å². The third-order valence-corrected chi connectivity index (χ3v) is 5.24. The van der Waals surface area contributed by atoms with Crippen LogP contribution in [0.1, 0.15) is 61.9 Å². The maximum absolute atomic E-state index is 11.8. The molecule has 0 radical (unpaired) electrons. The smallest absolute Gasteiger partial charge is 0.162 e. The molecule has 0 amide bonds. The molecule has 3 heteroatoms. The Kier molecular flexibility index (Phi) is 8.59. The van der Waals surface area contributed by atoms with Gasteiger partial charge in [0.15, 0.2) is 5.78 Å². The van der Waals surface area contributed by atoms with E-state index in [4.69, 9.17) is 4.74 Å². The number of ketones is 1. The highest BCUT2D eigenvalue weighted by atomic mass is 16.5. The minimum absolute atomic E-state index is 0.169. The fourth-order valence-electron chi connectivity index (χ4n) is 3.31. The molecule has 0 heterocycles. The van der Waals surface area contributed by atoms with E-state index in [1.807, 2.05) is 73.8 Å². The number of aliphatic imine (C=N–C) groups is 1. The lowest BCUT2D eigenvalue weighted by atomic mass is 10.0. The number of nitrogens with zero attached hydrogens (tertiary/aromatic N) is 1. The maximum Gasteiger partial charge on any atom is 0.162 e. The van der Waals surface area contributed by atoms with Crippen molar-refractivity contribution < 1.29 is 9.53 Å². The third-order valence-electron chi connectivity index (χ3n) is 5.24. The molecule has 0 aliphatic carbocycles. The van der Waals surface area contributed by atoms with E-state index in [1.165, 1.54) is 19.3 Å². The summed E-state index contributed by atoms with van der Waals surface area (Å²) < 4.78 is 5.79. The second-order valence-electron chi connectivity index (χ2n) is 7.64. The molecule has 3 nitrogen and oxygen atoms in total. The van der Waals surface area contributed by atoms with E-state index in [0.717, 1.165) is 46.7 Å². The molecule has 0 saturated heterocycles. The molecule has 3 rings (SSSR count). The molecular formula is C28H31NO2. The molecule has 160 valence electrons. The van der Waals surface area contributed by atoms with Crippen LogP contribution in [0.25, 0.3) is 11.1 Å². The molecule has 3 aromatic carbocycles. The highest BCUT2D eigenvalue weighted by Gasteiger charge is 2.03. The molecule has 3 aromatic rings. The summed E-state index contributed by atoms with van der Waals surface area (Å²) in [6, 6.07) is 23.9. The predicted octanol–water partition coefficient (Wildman–Crippen LogP) is 7.66. The Morgan fingerprint density at radius 2 is 1.45 bits per heavy atom. The van der Waals surface area contributed by atoms with Crippen molar-refractivity contribution >= 4 is 17.7 Å². The van der Waals surface area contributed by atoms with Gasteiger partial charge in [-0.3, -0.25) is 9.79 Å². The summed E-state index contributed by atoms with van der Waals surface area (Å²) in [5, 5.41) is 0. The summed E-state index contributed by atoms with van der Waals surface area (Å²) in [5.41, 5.74) is 4.90. The number of carbonyl (C=O) groups excluding carboxylic acids is 1. The lowest BCUT2D eigenvalue weighted by molar-refractivity contribution is 0.0988. The van der Waals surface area contributed by atoms with Crippen LogP contribution in [0.3, 0.4) is 0 Å². The van der Waals surface area contributed by atoms with Gasteiger partial charge in [0.1, 0.15) is 5.75 Å². The minimum Gasteiger partial charge on any atom is -0.494 e. The number of hydrogen-bond acceptors (Lipinski definition) is 3. The Morgan fingerprint density at radius 3 is 2.06 bits per heavy atom. The van der Waals surface area contributed by atoms with Gasteiger partial charge in [-0.15, -0.1) is 0 Å². The predicted molar refractivity (Wildman–Crippen MR) is 130 cm³/mol. The number of Topliss-reactive ketones (excluding diaryl/α,β-unsaturated/α-hetero) is 1. The highest BCUT2D eigenvalue weighted by molar-refractivity contribution is 5.96. The van der Waals surface area contributed by atoms with E-state index >= 15 is 0 Å². The van der Waals surface area contributed by atoms with E-state index in [0.29, 0.717) is 6.42 Å². The molecule has 0 spiro atoms. The van der Waals surface area contributed by atoms with Crippen molar-refractivity contribution in [2.75, 3.05) is 6.61 Å². The Hall–Kier alpha value is -3.20. The molecule has 31 heavy (non-hydrogen) atoms. The number of unbranched alkanes of at least 4 members (excludes halogenated alkanes) is 3. The number of ether oxygens (including phenoxy) is 1. The van der Waals surface area contributed by atoms with Crippen LogP contribution < -0.4 is 4.74 Å². The third kappa shape index (κ3) is 6.92. The summed E-state index contributed by atoms with van der Waals surface area (Å²) in [5.74, 6) is 1.08. The summed E-state index contributed by atoms with van der Waals surface area (Å²) in [4.78, 5) is 16.3. The molecule has 0 aromatic heterocycles. The molecule has 0 bridgehead atoms. The average Bonchev–Trinajstić information content (AvgIpc) is 2.83. The maximum atomic E-state index is 11.8. The van der Waals surface area contributed by atoms with Gasteiger partial charge in [-0.05, 0) is 59.5 Å². The first-order valence-electron chi connectivity index (χ1n) is 11.2. The molecule has 0 aliphatic heterocycles. The molecule has 0 atom stereocenters. The quantitative estimate of drug-likeness (QED) is 0.184. The number of rotatable bonds is 11. The van der Waals surface area contributed by atoms with E-state index in [9.17, 15) is 4.79 Å². The first-order chi connectivity index (χ1) is 15.2. The van der Waals surface area contributed by atoms with Crippen LogP contribution in [-0.2, 0) is 0 Å². The molecule has 0 aliphatic rings. The minimum atomic E-state index is 0.169. The summed E-state index contributed by atoms with van der Waals surface area (Å²) in [7, 11) is 0. The first-order valence-corrected chi connectivity index (χ1v) is 11.2. The van der Waals surface area contributed by atoms with Crippen LogP contribution in [0.15, 0.2) is 77.8 Å². The second kappa shape index (κ2) is 11.8. The zero-order valence-corrected chi connectivity index (χ0v) is 18.5. The van der Waals surface area contributed by atoms with Crippen LogP contribution in [0.4, 0.5) is 5.69 Å². The van der Waals surface area contributed by atoms with E-state index < -0.39 is 0 Å². The largest absolute Gasteiger partial charge is 0.494 e. The molecule has 0 saturated carbocycles. The van der Waals surface area contributed by atoms with Gasteiger partial charge in [0.2, 0.25) is 0 Å². The van der Waals surface area contributed by atoms with Crippen LogP contribution in [0, 0.1) is 0 Å². The Morgan fingerprint density at radius 1 is 0.806 bits per heavy atom. The Balaban J connectivity index is 1.55. The van der Waals surface area contributed by atoms with Crippen molar-refractivity contribution in [2.24, 2.45) is 4.99 Å². The van der Waals surface area contributed by atoms with Gasteiger partial charge >= 0.3 is 0 Å². The van der Waals surface area contributed by atoms with Crippen molar-refractivity contribution in [3.05, 3.63) is 83.9 Å². The van der Waals surface area contributed by atoms with E-state index in [2.05, 4.69) is 24.0 Å². The lowest BCUT2D eigenvalue weighted by Crippen LogP contribution is -1.97. The molecule has 0 N–H and O–H groups in total. The van der Waals surface area contributed by atoms with Crippen LogP contribution in [0.5, 0.6) is 5.75 Å². The van der Waals surface area contributed by atoms with Crippen LogP contribution >= 0.6 is 0 Å². The SMILES string of the molecule is CCCCCCOc1ccc(C=Nc2ccc(-c3ccc(C(=O)CC)cc3)cc2)cc1. The van der Waals surface area contributed by atoms with Crippen molar-refractivity contribution in [3.8, 4) is 16.9 Å². The van der Waals surface area contributed by atoms with Gasteiger partial charge in [-0.2, -0.15) is 0 Å². The van der Waals surface area contributed by atoms with Gasteiger partial charge < -0.3 is 4.74 Å². The standard InChI is InChI=1S/C28H31NO2/c1-3-5-6-7-20-31-27-18-8-22(9-19-27)21-29-26-16-14-24(15-17-26)23-10-12-25(13-11-23)28(30)4-2/h8-19,21H,3-7,20H2,1-2H3. The van der Waals surface area contributed by atoms with Gasteiger partial charge in [0.05, 0.1) is 12.3 Å². The fraction of sp³-hybridized carbons (Fsp3) is 0.286. The van der Waals surface area contributed by atoms with Crippen LogP contribution in [-0.4, -0.2) is 18.6 Å². The summed E-state index contributed by atoms with van der Waals surface area (Å²) in [6.45, 7) is 4.87. The topological polar surface area (TPSA) is 38.7 Å². The Bertz CT molecular complexity index is 971. The molecule has 0 fully saturated rings.